The second-order valence-corrected chi connectivity index (χ2v) is 6.42. The van der Waals surface area contributed by atoms with Crippen LogP contribution in [0.15, 0.2) is 45.4 Å². The van der Waals surface area contributed by atoms with Crippen LogP contribution in [0.1, 0.15) is 0 Å². The van der Waals surface area contributed by atoms with E-state index in [1.54, 1.807) is 0 Å². The molecule has 0 saturated heterocycles. The topological polar surface area (TPSA) is 52.0 Å². The highest BCUT2D eigenvalue weighted by molar-refractivity contribution is 9.10. The zero-order valence-electron chi connectivity index (χ0n) is 9.56. The predicted molar refractivity (Wildman–Crippen MR) is 82.4 cm³/mol. The van der Waals surface area contributed by atoms with Crippen LogP contribution < -0.4 is 5.73 Å². The van der Waals surface area contributed by atoms with Gasteiger partial charge in [-0.15, -0.1) is 11.3 Å². The first kappa shape index (κ1) is 12.7. The number of hydrogen-bond donors (Lipinski definition) is 1. The Bertz CT molecular complexity index is 738. The van der Waals surface area contributed by atoms with Gasteiger partial charge < -0.3 is 10.3 Å². The molecule has 96 valence electrons. The third-order valence-electron chi connectivity index (χ3n) is 2.66. The van der Waals surface area contributed by atoms with E-state index in [4.69, 9.17) is 21.9 Å². The molecule has 0 bridgehead atoms. The van der Waals surface area contributed by atoms with Crippen LogP contribution >= 0.6 is 38.9 Å². The van der Waals surface area contributed by atoms with E-state index in [1.807, 2.05) is 36.4 Å². The molecule has 0 radical (unpaired) electrons. The van der Waals surface area contributed by atoms with E-state index >= 15 is 0 Å². The van der Waals surface area contributed by atoms with Gasteiger partial charge in [0.05, 0.1) is 14.8 Å². The van der Waals surface area contributed by atoms with E-state index in [0.29, 0.717) is 15.9 Å². The number of thiophene rings is 1. The third kappa shape index (κ3) is 2.29. The van der Waals surface area contributed by atoms with Gasteiger partial charge in [0, 0.05) is 10.0 Å². The summed E-state index contributed by atoms with van der Waals surface area (Å²) in [4.78, 5) is 0.903. The Hall–Kier alpha value is -1.30. The lowest BCUT2D eigenvalue weighted by molar-refractivity contribution is 0.437. The van der Waals surface area contributed by atoms with Crippen molar-refractivity contribution in [3.63, 3.8) is 0 Å². The van der Waals surface area contributed by atoms with Crippen LogP contribution in [0.25, 0.3) is 21.8 Å². The maximum Gasteiger partial charge on any atom is 0.186 e. The van der Waals surface area contributed by atoms with E-state index < -0.39 is 0 Å². The lowest BCUT2D eigenvalue weighted by Crippen LogP contribution is -1.89. The summed E-state index contributed by atoms with van der Waals surface area (Å²) >= 11 is 10.9. The summed E-state index contributed by atoms with van der Waals surface area (Å²) in [5.41, 5.74) is 7.66. The standard InChI is InChI=1S/C13H8BrClN2OS/c14-8-4-2-1-3-7(8)11-12(18-17-13(11)16)9-5-6-10(15)19-9/h1-6H,(H2,16,17). The molecule has 0 saturated carbocycles. The molecule has 19 heavy (non-hydrogen) atoms. The molecule has 3 rings (SSSR count). The van der Waals surface area contributed by atoms with Gasteiger partial charge >= 0.3 is 0 Å². The molecular formula is C13H8BrClN2OS. The Morgan fingerprint density at radius 3 is 2.68 bits per heavy atom. The van der Waals surface area contributed by atoms with E-state index in [-0.39, 0.29) is 0 Å². The van der Waals surface area contributed by atoms with E-state index in [0.717, 1.165) is 20.5 Å². The summed E-state index contributed by atoms with van der Waals surface area (Å²) in [5.74, 6) is 1.01. The second-order valence-electron chi connectivity index (χ2n) is 3.86. The summed E-state index contributed by atoms with van der Waals surface area (Å²) in [7, 11) is 0. The molecule has 0 aliphatic rings. The zero-order valence-corrected chi connectivity index (χ0v) is 12.7. The minimum Gasteiger partial charge on any atom is -0.380 e. The molecule has 1 aromatic carbocycles. The Labute approximate surface area is 127 Å². The molecule has 6 heteroatoms. The molecule has 0 atom stereocenters. The minimum absolute atomic E-state index is 0.367. The smallest absolute Gasteiger partial charge is 0.186 e. The van der Waals surface area contributed by atoms with Gasteiger partial charge in [-0.1, -0.05) is 50.9 Å². The number of halogens is 2. The zero-order chi connectivity index (χ0) is 13.4. The van der Waals surface area contributed by atoms with Crippen LogP contribution in [0.5, 0.6) is 0 Å². The number of anilines is 1. The number of aromatic nitrogens is 1. The lowest BCUT2D eigenvalue weighted by atomic mass is 10.1. The number of nitrogen functional groups attached to an aromatic ring is 1. The third-order valence-corrected chi connectivity index (χ3v) is 4.58. The molecule has 2 N–H and O–H groups in total. The Morgan fingerprint density at radius 1 is 1.21 bits per heavy atom. The molecule has 0 spiro atoms. The average Bonchev–Trinajstić information content (AvgIpc) is 2.96. The summed E-state index contributed by atoms with van der Waals surface area (Å²) in [5, 5.41) is 3.87. The van der Waals surface area contributed by atoms with Crippen molar-refractivity contribution in [2.45, 2.75) is 0 Å². The van der Waals surface area contributed by atoms with Crippen molar-refractivity contribution in [3.8, 4) is 21.8 Å². The lowest BCUT2D eigenvalue weighted by Gasteiger charge is -2.03. The van der Waals surface area contributed by atoms with Crippen molar-refractivity contribution in [2.24, 2.45) is 0 Å². The maximum absolute atomic E-state index is 5.96. The van der Waals surface area contributed by atoms with Gasteiger partial charge in [0.25, 0.3) is 0 Å². The van der Waals surface area contributed by atoms with Crippen LogP contribution in [-0.4, -0.2) is 5.16 Å². The van der Waals surface area contributed by atoms with Crippen molar-refractivity contribution in [3.05, 3.63) is 45.2 Å². The molecule has 2 aromatic heterocycles. The van der Waals surface area contributed by atoms with Gasteiger partial charge in [-0.2, -0.15) is 0 Å². The largest absolute Gasteiger partial charge is 0.380 e. The first-order chi connectivity index (χ1) is 9.16. The first-order valence-electron chi connectivity index (χ1n) is 5.42. The van der Waals surface area contributed by atoms with Gasteiger partial charge in [-0.3, -0.25) is 0 Å². The Kier molecular flexibility index (Phi) is 3.35. The fourth-order valence-corrected chi connectivity index (χ4v) is 3.34. The van der Waals surface area contributed by atoms with E-state index in [2.05, 4.69) is 21.1 Å². The number of rotatable bonds is 2. The minimum atomic E-state index is 0.367. The van der Waals surface area contributed by atoms with Crippen molar-refractivity contribution >= 4 is 44.7 Å². The highest BCUT2D eigenvalue weighted by Crippen LogP contribution is 2.42. The number of hydrogen-bond acceptors (Lipinski definition) is 4. The van der Waals surface area contributed by atoms with Crippen molar-refractivity contribution in [1.82, 2.24) is 5.16 Å². The molecule has 3 nitrogen and oxygen atoms in total. The first-order valence-corrected chi connectivity index (χ1v) is 7.41. The van der Waals surface area contributed by atoms with Gasteiger partial charge in [-0.25, -0.2) is 0 Å². The quantitative estimate of drug-likeness (QED) is 0.698. The Balaban J connectivity index is 2.22. The van der Waals surface area contributed by atoms with E-state index in [1.165, 1.54) is 11.3 Å². The van der Waals surface area contributed by atoms with Crippen LogP contribution in [0.3, 0.4) is 0 Å². The van der Waals surface area contributed by atoms with Crippen molar-refractivity contribution in [1.29, 1.82) is 0 Å². The monoisotopic (exact) mass is 354 g/mol. The van der Waals surface area contributed by atoms with E-state index in [9.17, 15) is 0 Å². The predicted octanol–water partition coefficient (Wildman–Crippen LogP) is 5.07. The number of nitrogens with two attached hydrogens (primary N) is 1. The summed E-state index contributed by atoms with van der Waals surface area (Å²) in [6.07, 6.45) is 0. The molecule has 0 aliphatic carbocycles. The average molecular weight is 356 g/mol. The molecule has 0 fully saturated rings. The molecule has 0 aliphatic heterocycles. The number of benzene rings is 1. The number of nitrogens with zero attached hydrogens (tertiary/aromatic N) is 1. The van der Waals surface area contributed by atoms with Crippen LogP contribution in [0, 0.1) is 0 Å². The molecule has 0 unspecified atom stereocenters. The van der Waals surface area contributed by atoms with Crippen molar-refractivity contribution in [2.75, 3.05) is 5.73 Å². The van der Waals surface area contributed by atoms with Gasteiger partial charge in [0.15, 0.2) is 11.6 Å². The molecule has 2 heterocycles. The Morgan fingerprint density at radius 2 is 2.00 bits per heavy atom. The van der Waals surface area contributed by atoms with Gasteiger partial charge in [0.2, 0.25) is 0 Å². The highest BCUT2D eigenvalue weighted by Gasteiger charge is 2.20. The SMILES string of the molecule is Nc1noc(-c2ccc(Cl)s2)c1-c1ccccc1Br. The van der Waals surface area contributed by atoms with Crippen LogP contribution in [-0.2, 0) is 0 Å². The summed E-state index contributed by atoms with van der Waals surface area (Å²) in [6.45, 7) is 0. The maximum atomic E-state index is 5.96. The molecule has 3 aromatic rings. The van der Waals surface area contributed by atoms with Gasteiger partial charge in [0.1, 0.15) is 0 Å². The summed E-state index contributed by atoms with van der Waals surface area (Å²) in [6, 6.07) is 11.5. The highest BCUT2D eigenvalue weighted by atomic mass is 79.9. The van der Waals surface area contributed by atoms with Crippen LogP contribution in [0.4, 0.5) is 5.82 Å². The molecular weight excluding hydrogens is 348 g/mol. The normalized spacial score (nSPS) is 10.8. The fraction of sp³-hybridized carbons (Fsp3) is 0. The summed E-state index contributed by atoms with van der Waals surface area (Å²) < 4.78 is 7.00. The van der Waals surface area contributed by atoms with Crippen LogP contribution in [0.2, 0.25) is 4.34 Å². The molecule has 0 amide bonds. The van der Waals surface area contributed by atoms with Crippen molar-refractivity contribution < 1.29 is 4.52 Å². The second kappa shape index (κ2) is 5.00. The van der Waals surface area contributed by atoms with Gasteiger partial charge in [-0.05, 0) is 18.2 Å². The fourth-order valence-electron chi connectivity index (χ4n) is 1.83.